The number of carbonyl (C=O) groups is 2. The summed E-state index contributed by atoms with van der Waals surface area (Å²) < 4.78 is 0. The fourth-order valence-electron chi connectivity index (χ4n) is 2.07. The minimum absolute atomic E-state index is 0.0331. The number of likely N-dealkylation sites (N-methyl/N-ethyl adjacent to an activating group) is 1. The quantitative estimate of drug-likeness (QED) is 0.723. The minimum atomic E-state index is -0.212. The van der Waals surface area contributed by atoms with Gasteiger partial charge in [0.2, 0.25) is 11.8 Å². The van der Waals surface area contributed by atoms with Gasteiger partial charge in [-0.15, -0.1) is 0 Å². The van der Waals surface area contributed by atoms with Crippen molar-refractivity contribution in [1.82, 2.24) is 10.6 Å². The second-order valence-electron chi connectivity index (χ2n) is 4.19. The van der Waals surface area contributed by atoms with Gasteiger partial charge >= 0.3 is 0 Å². The third-order valence-electron chi connectivity index (χ3n) is 2.95. The van der Waals surface area contributed by atoms with Crippen molar-refractivity contribution in [2.75, 3.05) is 25.0 Å². The Bertz CT molecular complexity index is 459. The highest BCUT2D eigenvalue weighted by atomic mass is 16.2. The molecule has 0 saturated carbocycles. The van der Waals surface area contributed by atoms with Crippen molar-refractivity contribution in [2.45, 2.75) is 12.8 Å². The Hall–Kier alpha value is -2.04. The molecule has 5 nitrogen and oxygen atoms in total. The molecule has 18 heavy (non-hydrogen) atoms. The van der Waals surface area contributed by atoms with E-state index in [1.807, 2.05) is 31.2 Å². The molecule has 0 saturated heterocycles. The smallest absolute Gasteiger partial charge is 0.239 e. The molecule has 0 spiro atoms. The van der Waals surface area contributed by atoms with Gasteiger partial charge in [0.1, 0.15) is 0 Å². The average molecular weight is 247 g/mol. The summed E-state index contributed by atoms with van der Waals surface area (Å²) in [7, 11) is 0. The van der Waals surface area contributed by atoms with E-state index in [9.17, 15) is 9.59 Å². The molecule has 1 aromatic carbocycles. The molecule has 2 amide bonds. The average Bonchev–Trinajstić information content (AvgIpc) is 2.80. The van der Waals surface area contributed by atoms with E-state index in [2.05, 4.69) is 16.0 Å². The van der Waals surface area contributed by atoms with Crippen LogP contribution in [0, 0.1) is 0 Å². The van der Waals surface area contributed by atoms with Crippen molar-refractivity contribution in [2.24, 2.45) is 0 Å². The molecule has 1 aliphatic rings. The summed E-state index contributed by atoms with van der Waals surface area (Å²) in [5, 5.41) is 8.48. The van der Waals surface area contributed by atoms with E-state index in [0.29, 0.717) is 13.1 Å². The zero-order chi connectivity index (χ0) is 13.0. The number of fused-ring (bicyclic) bond motifs is 1. The number of rotatable bonds is 4. The molecule has 0 fully saturated rings. The normalized spacial score (nSPS) is 16.6. The first kappa shape index (κ1) is 12.4. The molecule has 1 atom stereocenters. The van der Waals surface area contributed by atoms with Crippen LogP contribution in [-0.4, -0.2) is 31.4 Å². The first-order valence-corrected chi connectivity index (χ1v) is 6.09. The van der Waals surface area contributed by atoms with Crippen molar-refractivity contribution in [3.8, 4) is 0 Å². The Morgan fingerprint density at radius 3 is 2.89 bits per heavy atom. The van der Waals surface area contributed by atoms with Crippen molar-refractivity contribution in [3.05, 3.63) is 29.8 Å². The maximum absolute atomic E-state index is 12.0. The second-order valence-corrected chi connectivity index (χ2v) is 4.19. The van der Waals surface area contributed by atoms with Crippen LogP contribution in [0.2, 0.25) is 0 Å². The van der Waals surface area contributed by atoms with Crippen LogP contribution >= 0.6 is 0 Å². The largest absolute Gasteiger partial charge is 0.384 e. The summed E-state index contributed by atoms with van der Waals surface area (Å²) in [4.78, 5) is 23.3. The standard InChI is InChI=1S/C13H17N3O2/c1-2-14-12(17)8-16-13(18)10-7-15-11-6-4-3-5-9(10)11/h3-6,10,15H,2,7-8H2,1H3,(H,14,17)(H,16,18). The van der Waals surface area contributed by atoms with Crippen LogP contribution in [0.3, 0.4) is 0 Å². The van der Waals surface area contributed by atoms with E-state index < -0.39 is 0 Å². The number of hydrogen-bond donors (Lipinski definition) is 3. The fraction of sp³-hybridized carbons (Fsp3) is 0.385. The molecule has 2 rings (SSSR count). The Balaban J connectivity index is 1.93. The number of benzene rings is 1. The van der Waals surface area contributed by atoms with Crippen molar-refractivity contribution in [1.29, 1.82) is 0 Å². The molecular formula is C13H17N3O2. The second kappa shape index (κ2) is 5.53. The summed E-state index contributed by atoms with van der Waals surface area (Å²) in [6, 6.07) is 7.73. The third-order valence-corrected chi connectivity index (χ3v) is 2.95. The molecule has 3 N–H and O–H groups in total. The summed E-state index contributed by atoms with van der Waals surface area (Å²) in [5.41, 5.74) is 1.99. The van der Waals surface area contributed by atoms with Gasteiger partial charge in [0.15, 0.2) is 0 Å². The number of amides is 2. The maximum Gasteiger partial charge on any atom is 0.239 e. The molecule has 5 heteroatoms. The molecule has 0 bridgehead atoms. The minimum Gasteiger partial charge on any atom is -0.384 e. The zero-order valence-corrected chi connectivity index (χ0v) is 10.3. The lowest BCUT2D eigenvalue weighted by molar-refractivity contribution is -0.126. The van der Waals surface area contributed by atoms with Crippen LogP contribution < -0.4 is 16.0 Å². The van der Waals surface area contributed by atoms with E-state index in [1.54, 1.807) is 0 Å². The SMILES string of the molecule is CCNC(=O)CNC(=O)C1CNc2ccccc21. The van der Waals surface area contributed by atoms with Gasteiger partial charge in [-0.25, -0.2) is 0 Å². The third kappa shape index (κ3) is 2.61. The summed E-state index contributed by atoms with van der Waals surface area (Å²) in [5.74, 6) is -0.487. The first-order valence-electron chi connectivity index (χ1n) is 6.09. The molecule has 0 aliphatic carbocycles. The monoisotopic (exact) mass is 247 g/mol. The molecular weight excluding hydrogens is 230 g/mol. The van der Waals surface area contributed by atoms with Crippen LogP contribution in [-0.2, 0) is 9.59 Å². The lowest BCUT2D eigenvalue weighted by Gasteiger charge is -2.10. The number of para-hydroxylation sites is 1. The van der Waals surface area contributed by atoms with Gasteiger partial charge in [0.05, 0.1) is 12.5 Å². The Labute approximate surface area is 106 Å². The molecule has 1 unspecified atom stereocenters. The van der Waals surface area contributed by atoms with Crippen molar-refractivity contribution < 1.29 is 9.59 Å². The number of nitrogens with one attached hydrogen (secondary N) is 3. The fourth-order valence-corrected chi connectivity index (χ4v) is 2.07. The Morgan fingerprint density at radius 2 is 2.11 bits per heavy atom. The van der Waals surface area contributed by atoms with E-state index in [0.717, 1.165) is 11.3 Å². The Morgan fingerprint density at radius 1 is 1.33 bits per heavy atom. The van der Waals surface area contributed by atoms with Gasteiger partial charge in [-0.2, -0.15) is 0 Å². The molecule has 96 valence electrons. The van der Waals surface area contributed by atoms with Gasteiger partial charge in [0.25, 0.3) is 0 Å². The molecule has 0 radical (unpaired) electrons. The highest BCUT2D eigenvalue weighted by Gasteiger charge is 2.27. The zero-order valence-electron chi connectivity index (χ0n) is 10.3. The molecule has 0 aromatic heterocycles. The summed E-state index contributed by atoms with van der Waals surface area (Å²) in [6.07, 6.45) is 0. The van der Waals surface area contributed by atoms with Crippen LogP contribution in [0.1, 0.15) is 18.4 Å². The summed E-state index contributed by atoms with van der Waals surface area (Å²) >= 11 is 0. The predicted octanol–water partition coefficient (Wildman–Crippen LogP) is 0.448. The van der Waals surface area contributed by atoms with E-state index >= 15 is 0 Å². The van der Waals surface area contributed by atoms with Gasteiger partial charge in [-0.3, -0.25) is 9.59 Å². The maximum atomic E-state index is 12.0. The van der Waals surface area contributed by atoms with Crippen molar-refractivity contribution >= 4 is 17.5 Å². The van der Waals surface area contributed by atoms with Crippen LogP contribution in [0.5, 0.6) is 0 Å². The number of carbonyl (C=O) groups excluding carboxylic acids is 2. The van der Waals surface area contributed by atoms with E-state index in [4.69, 9.17) is 0 Å². The highest BCUT2D eigenvalue weighted by molar-refractivity contribution is 5.91. The summed E-state index contributed by atoms with van der Waals surface area (Å²) in [6.45, 7) is 3.03. The molecule has 1 heterocycles. The molecule has 1 aliphatic heterocycles. The van der Waals surface area contributed by atoms with Gasteiger partial charge in [-0.1, -0.05) is 18.2 Å². The topological polar surface area (TPSA) is 70.2 Å². The van der Waals surface area contributed by atoms with Gasteiger partial charge in [0, 0.05) is 18.8 Å². The van der Waals surface area contributed by atoms with Crippen LogP contribution in [0.15, 0.2) is 24.3 Å². The van der Waals surface area contributed by atoms with E-state index in [-0.39, 0.29) is 24.3 Å². The molecule has 1 aromatic rings. The van der Waals surface area contributed by atoms with Crippen molar-refractivity contribution in [3.63, 3.8) is 0 Å². The van der Waals surface area contributed by atoms with Crippen LogP contribution in [0.4, 0.5) is 5.69 Å². The highest BCUT2D eigenvalue weighted by Crippen LogP contribution is 2.30. The predicted molar refractivity (Wildman–Crippen MR) is 69.4 cm³/mol. The number of anilines is 1. The van der Waals surface area contributed by atoms with Gasteiger partial charge < -0.3 is 16.0 Å². The van der Waals surface area contributed by atoms with E-state index in [1.165, 1.54) is 0 Å². The number of hydrogen-bond acceptors (Lipinski definition) is 3. The van der Waals surface area contributed by atoms with Crippen LogP contribution in [0.25, 0.3) is 0 Å². The van der Waals surface area contributed by atoms with Gasteiger partial charge in [-0.05, 0) is 18.6 Å². The lowest BCUT2D eigenvalue weighted by atomic mass is 10.0. The Kier molecular flexibility index (Phi) is 3.82. The lowest BCUT2D eigenvalue weighted by Crippen LogP contribution is -2.39. The first-order chi connectivity index (χ1) is 8.72.